The minimum atomic E-state index is -0.378. The Kier molecular flexibility index (Phi) is 6.27. The maximum Gasteiger partial charge on any atom is 0.255 e. The number of rotatable bonds is 5. The minimum Gasteiger partial charge on any atom is -0.492 e. The fraction of sp³-hybridized carbons (Fsp3) is 0.300. The summed E-state index contributed by atoms with van der Waals surface area (Å²) < 4.78 is 5.37. The average Bonchev–Trinajstić information content (AvgIpc) is 2.55. The van der Waals surface area contributed by atoms with E-state index in [4.69, 9.17) is 16.3 Å². The maximum absolute atomic E-state index is 12.6. The highest BCUT2D eigenvalue weighted by molar-refractivity contribution is 6.32. The average molecular weight is 375 g/mol. The Morgan fingerprint density at radius 3 is 2.38 bits per heavy atom. The van der Waals surface area contributed by atoms with Gasteiger partial charge in [-0.25, -0.2) is 0 Å². The summed E-state index contributed by atoms with van der Waals surface area (Å²) in [6.07, 6.45) is 0. The molecule has 2 aromatic carbocycles. The number of nitrogens with one attached hydrogen (secondary N) is 2. The molecule has 2 aromatic rings. The molecule has 0 unspecified atom stereocenters. The summed E-state index contributed by atoms with van der Waals surface area (Å²) in [7, 11) is 0. The Morgan fingerprint density at radius 2 is 1.77 bits per heavy atom. The van der Waals surface area contributed by atoms with E-state index in [0.717, 1.165) is 0 Å². The molecule has 0 aliphatic carbocycles. The number of para-hydroxylation sites is 1. The number of carbonyl (C=O) groups is 2. The van der Waals surface area contributed by atoms with Gasteiger partial charge in [0.25, 0.3) is 11.8 Å². The van der Waals surface area contributed by atoms with E-state index in [1.165, 1.54) is 0 Å². The number of benzene rings is 2. The van der Waals surface area contributed by atoms with Crippen molar-refractivity contribution in [1.82, 2.24) is 5.32 Å². The Bertz CT molecular complexity index is 813. The van der Waals surface area contributed by atoms with Crippen molar-refractivity contribution >= 4 is 29.1 Å². The molecule has 0 radical (unpaired) electrons. The lowest BCUT2D eigenvalue weighted by molar-refractivity contribution is 0.0920. The van der Waals surface area contributed by atoms with Crippen LogP contribution in [-0.2, 0) is 0 Å². The van der Waals surface area contributed by atoms with Crippen LogP contribution in [0.4, 0.5) is 5.69 Å². The summed E-state index contributed by atoms with van der Waals surface area (Å²) in [6, 6.07) is 11.7. The van der Waals surface area contributed by atoms with E-state index in [2.05, 4.69) is 10.6 Å². The van der Waals surface area contributed by atoms with E-state index in [0.29, 0.717) is 34.2 Å². The predicted molar refractivity (Wildman–Crippen MR) is 104 cm³/mol. The van der Waals surface area contributed by atoms with Crippen LogP contribution in [-0.4, -0.2) is 24.0 Å². The molecule has 138 valence electrons. The molecule has 0 aliphatic heterocycles. The van der Waals surface area contributed by atoms with E-state index in [1.54, 1.807) is 42.5 Å². The van der Waals surface area contributed by atoms with Gasteiger partial charge in [-0.3, -0.25) is 9.59 Å². The van der Waals surface area contributed by atoms with Gasteiger partial charge in [-0.1, -0.05) is 23.7 Å². The van der Waals surface area contributed by atoms with Gasteiger partial charge in [0.1, 0.15) is 5.75 Å². The minimum absolute atomic E-state index is 0.252. The van der Waals surface area contributed by atoms with Crippen LogP contribution in [0.2, 0.25) is 5.02 Å². The Hall–Kier alpha value is -2.53. The first-order valence-electron chi connectivity index (χ1n) is 8.36. The van der Waals surface area contributed by atoms with E-state index in [9.17, 15) is 9.59 Å². The van der Waals surface area contributed by atoms with Crippen LogP contribution >= 0.6 is 11.6 Å². The van der Waals surface area contributed by atoms with Crippen molar-refractivity contribution in [1.29, 1.82) is 0 Å². The zero-order chi connectivity index (χ0) is 19.3. The summed E-state index contributed by atoms with van der Waals surface area (Å²) in [5.74, 6) is -0.0836. The van der Waals surface area contributed by atoms with Crippen LogP contribution in [0.1, 0.15) is 48.4 Å². The summed E-state index contributed by atoms with van der Waals surface area (Å²) in [6.45, 7) is 8.04. The molecule has 0 saturated carbocycles. The highest BCUT2D eigenvalue weighted by atomic mass is 35.5. The molecule has 0 aliphatic rings. The molecule has 6 heteroatoms. The first kappa shape index (κ1) is 19.8. The smallest absolute Gasteiger partial charge is 0.255 e. The molecule has 0 spiro atoms. The molecule has 2 N–H and O–H groups in total. The van der Waals surface area contributed by atoms with Crippen LogP contribution in [0.3, 0.4) is 0 Å². The Labute approximate surface area is 158 Å². The third-order valence-electron chi connectivity index (χ3n) is 3.40. The quantitative estimate of drug-likeness (QED) is 0.808. The van der Waals surface area contributed by atoms with Crippen molar-refractivity contribution in [2.75, 3.05) is 11.9 Å². The number of anilines is 1. The molecule has 2 rings (SSSR count). The third kappa shape index (κ3) is 5.23. The third-order valence-corrected chi connectivity index (χ3v) is 3.70. The second kappa shape index (κ2) is 8.23. The molecule has 0 aromatic heterocycles. The molecule has 5 nitrogen and oxygen atoms in total. The molecule has 0 bridgehead atoms. The van der Waals surface area contributed by atoms with Gasteiger partial charge in [0.05, 0.1) is 22.9 Å². The van der Waals surface area contributed by atoms with E-state index >= 15 is 0 Å². The normalized spacial score (nSPS) is 11.0. The van der Waals surface area contributed by atoms with Crippen molar-refractivity contribution in [3.8, 4) is 5.75 Å². The zero-order valence-electron chi connectivity index (χ0n) is 15.4. The molecular formula is C20H23ClN2O3. The number of ether oxygens (including phenoxy) is 1. The van der Waals surface area contributed by atoms with Crippen molar-refractivity contribution in [3.05, 3.63) is 58.6 Å². The maximum atomic E-state index is 12.6. The molecule has 26 heavy (non-hydrogen) atoms. The first-order valence-corrected chi connectivity index (χ1v) is 8.74. The molecule has 0 fully saturated rings. The van der Waals surface area contributed by atoms with Crippen molar-refractivity contribution in [2.45, 2.75) is 33.2 Å². The number of carbonyl (C=O) groups excluding carboxylic acids is 2. The summed E-state index contributed by atoms with van der Waals surface area (Å²) in [4.78, 5) is 25.0. The molecule has 0 saturated heterocycles. The highest BCUT2D eigenvalue weighted by Gasteiger charge is 2.19. The topological polar surface area (TPSA) is 67.4 Å². The second-order valence-electron chi connectivity index (χ2n) is 6.78. The highest BCUT2D eigenvalue weighted by Crippen LogP contribution is 2.26. The van der Waals surface area contributed by atoms with Crippen LogP contribution < -0.4 is 15.4 Å². The van der Waals surface area contributed by atoms with Gasteiger partial charge in [0.2, 0.25) is 0 Å². The van der Waals surface area contributed by atoms with Crippen molar-refractivity contribution < 1.29 is 14.3 Å². The van der Waals surface area contributed by atoms with Crippen molar-refractivity contribution in [2.24, 2.45) is 0 Å². The van der Waals surface area contributed by atoms with Gasteiger partial charge in [0, 0.05) is 11.1 Å². The fourth-order valence-electron chi connectivity index (χ4n) is 2.31. The van der Waals surface area contributed by atoms with Gasteiger partial charge < -0.3 is 15.4 Å². The summed E-state index contributed by atoms with van der Waals surface area (Å²) >= 11 is 6.14. The fourth-order valence-corrected chi connectivity index (χ4v) is 2.54. The Morgan fingerprint density at radius 1 is 1.08 bits per heavy atom. The molecule has 0 atom stereocenters. The van der Waals surface area contributed by atoms with Crippen molar-refractivity contribution in [3.63, 3.8) is 0 Å². The molecular weight excluding hydrogens is 352 g/mol. The SMILES string of the molecule is CCOc1ccc(C(=O)Nc2ccccc2C(=O)NC(C)(C)C)cc1Cl. The second-order valence-corrected chi connectivity index (χ2v) is 7.19. The van der Waals surface area contributed by atoms with Gasteiger partial charge in [-0.05, 0) is 58.0 Å². The monoisotopic (exact) mass is 374 g/mol. The summed E-state index contributed by atoms with van der Waals surface area (Å²) in [5.41, 5.74) is 0.832. The number of halogens is 1. The van der Waals surface area contributed by atoms with Gasteiger partial charge in [0.15, 0.2) is 0 Å². The number of hydrogen-bond acceptors (Lipinski definition) is 3. The van der Waals surface area contributed by atoms with Gasteiger partial charge >= 0.3 is 0 Å². The van der Waals surface area contributed by atoms with E-state index < -0.39 is 0 Å². The zero-order valence-corrected chi connectivity index (χ0v) is 16.1. The lowest BCUT2D eigenvalue weighted by Crippen LogP contribution is -2.40. The molecule has 0 heterocycles. The van der Waals surface area contributed by atoms with Gasteiger partial charge in [-0.15, -0.1) is 0 Å². The van der Waals surface area contributed by atoms with Crippen LogP contribution in [0, 0.1) is 0 Å². The van der Waals surface area contributed by atoms with Crippen LogP contribution in [0.5, 0.6) is 5.75 Å². The Balaban J connectivity index is 2.22. The molecule has 2 amide bonds. The van der Waals surface area contributed by atoms with E-state index in [-0.39, 0.29) is 17.4 Å². The largest absolute Gasteiger partial charge is 0.492 e. The van der Waals surface area contributed by atoms with Gasteiger partial charge in [-0.2, -0.15) is 0 Å². The summed E-state index contributed by atoms with van der Waals surface area (Å²) in [5, 5.41) is 6.02. The number of amides is 2. The lowest BCUT2D eigenvalue weighted by Gasteiger charge is -2.21. The first-order chi connectivity index (χ1) is 12.2. The predicted octanol–water partition coefficient (Wildman–Crippen LogP) is 4.52. The van der Waals surface area contributed by atoms with E-state index in [1.807, 2.05) is 27.7 Å². The lowest BCUT2D eigenvalue weighted by atomic mass is 10.1. The van der Waals surface area contributed by atoms with Crippen LogP contribution in [0.25, 0.3) is 0 Å². The van der Waals surface area contributed by atoms with Crippen LogP contribution in [0.15, 0.2) is 42.5 Å². The number of hydrogen-bond donors (Lipinski definition) is 2. The standard InChI is InChI=1S/C20H23ClN2O3/c1-5-26-17-11-10-13(12-15(17)21)18(24)22-16-9-7-6-8-14(16)19(25)23-20(2,3)4/h6-12H,5H2,1-4H3,(H,22,24)(H,23,25).